The molecule has 0 aliphatic rings. The molecular weight excluding hydrogens is 355 g/mol. The molecule has 7 heteroatoms. The molecule has 1 heterocycles. The van der Waals surface area contributed by atoms with Crippen LogP contribution in [0.3, 0.4) is 0 Å². The second-order valence-electron chi connectivity index (χ2n) is 5.53. The summed E-state index contributed by atoms with van der Waals surface area (Å²) in [4.78, 5) is 24.9. The highest BCUT2D eigenvalue weighted by Gasteiger charge is 2.18. The van der Waals surface area contributed by atoms with E-state index >= 15 is 0 Å². The fourth-order valence-corrected chi connectivity index (χ4v) is 3.70. The van der Waals surface area contributed by atoms with E-state index in [2.05, 4.69) is 10.9 Å². The van der Waals surface area contributed by atoms with E-state index in [0.29, 0.717) is 38.4 Å². The number of rotatable bonds is 4. The fourth-order valence-electron chi connectivity index (χ4n) is 2.58. The monoisotopic (exact) mass is 372 g/mol. The molecule has 2 aromatic carbocycles. The highest BCUT2D eigenvalue weighted by molar-refractivity contribution is 7.21. The zero-order valence-electron chi connectivity index (χ0n) is 14.3. The summed E-state index contributed by atoms with van der Waals surface area (Å²) in [6.07, 6.45) is 0. The Morgan fingerprint density at radius 2 is 1.77 bits per heavy atom. The lowest BCUT2D eigenvalue weighted by Gasteiger charge is -2.08. The Bertz CT molecular complexity index is 967. The van der Waals surface area contributed by atoms with Gasteiger partial charge < -0.3 is 4.74 Å². The summed E-state index contributed by atoms with van der Waals surface area (Å²) in [6, 6.07) is 11.3. The average molecular weight is 372 g/mol. The molecule has 0 aliphatic heterocycles. The quantitative estimate of drug-likeness (QED) is 0.684. The number of nitrogens with one attached hydrogen (secondary N) is 2. The van der Waals surface area contributed by atoms with Crippen LogP contribution < -0.4 is 15.6 Å². The smallest absolute Gasteiger partial charge is 0.280 e. The van der Waals surface area contributed by atoms with Gasteiger partial charge in [-0.1, -0.05) is 6.07 Å². The molecule has 0 radical (unpaired) electrons. The maximum absolute atomic E-state index is 13.9. The third-order valence-corrected chi connectivity index (χ3v) is 5.08. The second-order valence-corrected chi connectivity index (χ2v) is 6.59. The zero-order valence-corrected chi connectivity index (χ0v) is 15.1. The Kier molecular flexibility index (Phi) is 5.18. The standard InChI is InChI=1S/C19H17FN2O3S/c1-3-25-13-9-7-12(8-10-13)18(23)21-22-19(24)17-11(2)16-14(20)5-4-6-15(16)26-17/h4-10H,3H2,1-2H3,(H,21,23)(H,22,24). The van der Waals surface area contributed by atoms with Crippen molar-refractivity contribution in [1.82, 2.24) is 10.9 Å². The van der Waals surface area contributed by atoms with Gasteiger partial charge in [0.1, 0.15) is 11.6 Å². The molecule has 0 spiro atoms. The van der Waals surface area contributed by atoms with Gasteiger partial charge in [-0.05, 0) is 55.8 Å². The van der Waals surface area contributed by atoms with Gasteiger partial charge in [-0.3, -0.25) is 20.4 Å². The van der Waals surface area contributed by atoms with Crippen molar-refractivity contribution in [3.63, 3.8) is 0 Å². The van der Waals surface area contributed by atoms with Gasteiger partial charge in [0.15, 0.2) is 0 Å². The maximum Gasteiger partial charge on any atom is 0.280 e. The Morgan fingerprint density at radius 1 is 1.08 bits per heavy atom. The van der Waals surface area contributed by atoms with Gasteiger partial charge in [0.25, 0.3) is 11.8 Å². The van der Waals surface area contributed by atoms with E-state index in [1.807, 2.05) is 6.92 Å². The molecule has 134 valence electrons. The highest BCUT2D eigenvalue weighted by Crippen LogP contribution is 2.32. The molecule has 5 nitrogen and oxygen atoms in total. The van der Waals surface area contributed by atoms with Gasteiger partial charge in [-0.2, -0.15) is 0 Å². The van der Waals surface area contributed by atoms with Crippen LogP contribution in [0.4, 0.5) is 4.39 Å². The Hall–Kier alpha value is -2.93. The van der Waals surface area contributed by atoms with E-state index in [9.17, 15) is 14.0 Å². The van der Waals surface area contributed by atoms with Gasteiger partial charge in [-0.25, -0.2) is 4.39 Å². The number of hydrogen-bond acceptors (Lipinski definition) is 4. The van der Waals surface area contributed by atoms with Gasteiger partial charge >= 0.3 is 0 Å². The summed E-state index contributed by atoms with van der Waals surface area (Å²) in [5, 5.41) is 0.431. The van der Waals surface area contributed by atoms with Crippen LogP contribution in [0.1, 0.15) is 32.5 Å². The number of aryl methyl sites for hydroxylation is 1. The number of carbonyl (C=O) groups is 2. The van der Waals surface area contributed by atoms with Crippen LogP contribution in [0.15, 0.2) is 42.5 Å². The summed E-state index contributed by atoms with van der Waals surface area (Å²) in [5.41, 5.74) is 5.68. The van der Waals surface area contributed by atoms with Crippen molar-refractivity contribution in [2.45, 2.75) is 13.8 Å². The molecule has 0 unspecified atom stereocenters. The minimum atomic E-state index is -0.484. The molecule has 3 rings (SSSR count). The summed E-state index contributed by atoms with van der Waals surface area (Å²) < 4.78 is 19.9. The van der Waals surface area contributed by atoms with Gasteiger partial charge in [-0.15, -0.1) is 11.3 Å². The Morgan fingerprint density at radius 3 is 2.42 bits per heavy atom. The van der Waals surface area contributed by atoms with Crippen LogP contribution in [-0.2, 0) is 0 Å². The molecule has 0 atom stereocenters. The Balaban J connectivity index is 1.70. The summed E-state index contributed by atoms with van der Waals surface area (Å²) in [6.45, 7) is 4.10. The minimum Gasteiger partial charge on any atom is -0.494 e. The van der Waals surface area contributed by atoms with Crippen LogP contribution >= 0.6 is 11.3 Å². The van der Waals surface area contributed by atoms with Crippen molar-refractivity contribution >= 4 is 33.2 Å². The van der Waals surface area contributed by atoms with Crippen molar-refractivity contribution in [3.8, 4) is 5.75 Å². The number of thiophene rings is 1. The predicted octanol–water partition coefficient (Wildman–Crippen LogP) is 3.82. The number of fused-ring (bicyclic) bond motifs is 1. The topological polar surface area (TPSA) is 67.4 Å². The number of benzene rings is 2. The summed E-state index contributed by atoms with van der Waals surface area (Å²) >= 11 is 1.18. The third-order valence-electron chi connectivity index (χ3n) is 3.83. The average Bonchev–Trinajstić information content (AvgIpc) is 2.98. The highest BCUT2D eigenvalue weighted by atomic mass is 32.1. The van der Waals surface area contributed by atoms with Crippen molar-refractivity contribution in [2.24, 2.45) is 0 Å². The second kappa shape index (κ2) is 7.53. The lowest BCUT2D eigenvalue weighted by molar-refractivity contribution is 0.0848. The number of halogens is 1. The van der Waals surface area contributed by atoms with Crippen LogP contribution in [0.25, 0.3) is 10.1 Å². The van der Waals surface area contributed by atoms with Gasteiger partial charge in [0.2, 0.25) is 0 Å². The molecule has 26 heavy (non-hydrogen) atoms. The number of hydrazine groups is 1. The van der Waals surface area contributed by atoms with Crippen molar-refractivity contribution in [2.75, 3.05) is 6.61 Å². The predicted molar refractivity (Wildman–Crippen MR) is 99.1 cm³/mol. The van der Waals surface area contributed by atoms with E-state index in [1.165, 1.54) is 17.4 Å². The molecule has 2 N–H and O–H groups in total. The largest absolute Gasteiger partial charge is 0.494 e. The lowest BCUT2D eigenvalue weighted by Crippen LogP contribution is -2.41. The molecule has 0 saturated carbocycles. The first-order chi connectivity index (χ1) is 12.5. The van der Waals surface area contributed by atoms with Gasteiger partial charge in [0, 0.05) is 15.6 Å². The summed E-state index contributed by atoms with van der Waals surface area (Å²) in [7, 11) is 0. The SMILES string of the molecule is CCOc1ccc(C(=O)NNC(=O)c2sc3cccc(F)c3c2C)cc1. The van der Waals surface area contributed by atoms with Gasteiger partial charge in [0.05, 0.1) is 11.5 Å². The summed E-state index contributed by atoms with van der Waals surface area (Å²) in [5.74, 6) is -0.640. The number of ether oxygens (including phenoxy) is 1. The molecule has 2 amide bonds. The van der Waals surface area contributed by atoms with E-state index in [-0.39, 0.29) is 5.82 Å². The van der Waals surface area contributed by atoms with E-state index < -0.39 is 11.8 Å². The first-order valence-corrected chi connectivity index (χ1v) is 8.84. The molecule has 0 fully saturated rings. The minimum absolute atomic E-state index is 0.358. The molecule has 0 bridgehead atoms. The number of hydrogen-bond donors (Lipinski definition) is 2. The molecular formula is C19H17FN2O3S. The fraction of sp³-hybridized carbons (Fsp3) is 0.158. The van der Waals surface area contributed by atoms with Crippen LogP contribution in [-0.4, -0.2) is 18.4 Å². The van der Waals surface area contributed by atoms with Crippen molar-refractivity contribution < 1.29 is 18.7 Å². The number of amides is 2. The molecule has 1 aromatic heterocycles. The third kappa shape index (κ3) is 3.52. The van der Waals surface area contributed by atoms with Crippen LogP contribution in [0, 0.1) is 12.7 Å². The zero-order chi connectivity index (χ0) is 18.7. The lowest BCUT2D eigenvalue weighted by atomic mass is 10.1. The normalized spacial score (nSPS) is 10.6. The number of carbonyl (C=O) groups excluding carboxylic acids is 2. The van der Waals surface area contributed by atoms with E-state index in [0.717, 1.165) is 0 Å². The van der Waals surface area contributed by atoms with Crippen LogP contribution in [0.5, 0.6) is 5.75 Å². The van der Waals surface area contributed by atoms with Crippen molar-refractivity contribution in [1.29, 1.82) is 0 Å². The first kappa shape index (κ1) is 17.9. The van der Waals surface area contributed by atoms with E-state index in [1.54, 1.807) is 43.3 Å². The van der Waals surface area contributed by atoms with E-state index in [4.69, 9.17) is 4.74 Å². The molecule has 3 aromatic rings. The van der Waals surface area contributed by atoms with Crippen molar-refractivity contribution in [3.05, 3.63) is 64.3 Å². The first-order valence-electron chi connectivity index (χ1n) is 8.02. The van der Waals surface area contributed by atoms with Crippen LogP contribution in [0.2, 0.25) is 0 Å². The molecule has 0 aliphatic carbocycles. The molecule has 0 saturated heterocycles. The Labute approximate surface area is 153 Å². The maximum atomic E-state index is 13.9.